The third-order valence-electron chi connectivity index (χ3n) is 4.48. The number of ether oxygens (including phenoxy) is 1. The number of amides is 1. The second-order valence-corrected chi connectivity index (χ2v) is 8.42. The van der Waals surface area contributed by atoms with Gasteiger partial charge < -0.3 is 10.1 Å². The molecular weight excluding hydrogens is 515 g/mol. The molecule has 1 N–H and O–H groups in total. The fourth-order valence-electron chi connectivity index (χ4n) is 2.99. The van der Waals surface area contributed by atoms with Crippen molar-refractivity contribution >= 4 is 50.7 Å². The number of carbonyl (C=O) groups excluding carboxylic acids is 1. The number of hydrogen-bond donors (Lipinski definition) is 1. The van der Waals surface area contributed by atoms with Gasteiger partial charge in [0, 0.05) is 15.7 Å². The van der Waals surface area contributed by atoms with Gasteiger partial charge in [0.2, 0.25) is 5.82 Å². The summed E-state index contributed by atoms with van der Waals surface area (Å²) in [6, 6.07) is 19.9. The number of nitrogens with zero attached hydrogens (tertiary/aromatic N) is 3. The Morgan fingerprint density at radius 2 is 1.75 bits per heavy atom. The van der Waals surface area contributed by atoms with Crippen LogP contribution < -0.4 is 10.1 Å². The molecule has 0 saturated heterocycles. The predicted octanol–water partition coefficient (Wildman–Crippen LogP) is 6.65. The molecule has 0 fully saturated rings. The highest BCUT2D eigenvalue weighted by atomic mass is 79.9. The molecule has 4 aromatic rings. The lowest BCUT2D eigenvalue weighted by atomic mass is 10.2. The molecule has 0 bridgehead atoms. The van der Waals surface area contributed by atoms with Gasteiger partial charge in [-0.05, 0) is 61.5 Å². The van der Waals surface area contributed by atoms with Gasteiger partial charge in [0.1, 0.15) is 5.75 Å². The van der Waals surface area contributed by atoms with Crippen molar-refractivity contribution in [3.63, 3.8) is 0 Å². The number of aromatic nitrogens is 3. The maximum atomic E-state index is 12.9. The third-order valence-corrected chi connectivity index (χ3v) is 5.75. The Balaban J connectivity index is 1.72. The predicted molar refractivity (Wildman–Crippen MR) is 130 cm³/mol. The molecule has 3 aromatic carbocycles. The first-order valence-corrected chi connectivity index (χ1v) is 11.2. The van der Waals surface area contributed by atoms with Gasteiger partial charge >= 0.3 is 0 Å². The minimum absolute atomic E-state index is 0.0166. The van der Waals surface area contributed by atoms with E-state index in [1.807, 2.05) is 55.5 Å². The number of hydrogen-bond acceptors (Lipinski definition) is 4. The van der Waals surface area contributed by atoms with Gasteiger partial charge in [-0.3, -0.25) is 4.79 Å². The van der Waals surface area contributed by atoms with Crippen LogP contribution in [0.15, 0.2) is 71.2 Å². The lowest BCUT2D eigenvalue weighted by Gasteiger charge is -2.08. The van der Waals surface area contributed by atoms with Crippen LogP contribution in [0.2, 0.25) is 10.0 Å². The molecule has 9 heteroatoms. The summed E-state index contributed by atoms with van der Waals surface area (Å²) in [5.41, 5.74) is 2.04. The maximum absolute atomic E-state index is 12.9. The van der Waals surface area contributed by atoms with Crippen LogP contribution in [0.3, 0.4) is 0 Å². The summed E-state index contributed by atoms with van der Waals surface area (Å²) in [6.07, 6.45) is 0. The van der Waals surface area contributed by atoms with Crippen LogP contribution >= 0.6 is 39.1 Å². The highest BCUT2D eigenvalue weighted by Crippen LogP contribution is 2.27. The highest BCUT2D eigenvalue weighted by molar-refractivity contribution is 9.10. The van der Waals surface area contributed by atoms with E-state index in [1.54, 1.807) is 22.9 Å². The molecule has 6 nitrogen and oxygen atoms in total. The Kier molecular flexibility index (Phi) is 6.79. The van der Waals surface area contributed by atoms with Gasteiger partial charge in [0.25, 0.3) is 5.91 Å². The molecule has 4 rings (SSSR count). The van der Waals surface area contributed by atoms with Crippen molar-refractivity contribution in [1.82, 2.24) is 14.8 Å². The molecule has 0 saturated carbocycles. The molecule has 0 aliphatic heterocycles. The van der Waals surface area contributed by atoms with Crippen LogP contribution in [0, 0.1) is 0 Å². The molecule has 1 amide bonds. The first-order chi connectivity index (χ1) is 15.4. The summed E-state index contributed by atoms with van der Waals surface area (Å²) in [7, 11) is 0. The number of halogens is 3. The van der Waals surface area contributed by atoms with Gasteiger partial charge in [-0.15, -0.1) is 5.10 Å². The second-order valence-electron chi connectivity index (χ2n) is 6.69. The van der Waals surface area contributed by atoms with Crippen molar-refractivity contribution in [1.29, 1.82) is 0 Å². The minimum atomic E-state index is -0.466. The average molecular weight is 532 g/mol. The van der Waals surface area contributed by atoms with E-state index in [0.29, 0.717) is 28.2 Å². The van der Waals surface area contributed by atoms with E-state index in [9.17, 15) is 4.79 Å². The molecule has 1 aromatic heterocycles. The Bertz CT molecular complexity index is 1260. The zero-order chi connectivity index (χ0) is 22.7. The standard InChI is InChI=1S/C23H17BrCl2N4O2/c1-2-32-18-10-8-17(9-11-18)30-22(14-3-5-15(24)6-4-14)28-21(29-30)23(31)27-16-7-12-19(25)20(26)13-16/h3-13H,2H2,1H3,(H,27,31). The van der Waals surface area contributed by atoms with Crippen LogP contribution in [0.1, 0.15) is 17.5 Å². The van der Waals surface area contributed by atoms with Crippen molar-refractivity contribution in [3.8, 4) is 22.8 Å². The number of anilines is 1. The summed E-state index contributed by atoms with van der Waals surface area (Å²) in [5.74, 6) is 0.828. The molecule has 32 heavy (non-hydrogen) atoms. The van der Waals surface area contributed by atoms with E-state index in [1.165, 1.54) is 0 Å². The Morgan fingerprint density at radius 3 is 2.41 bits per heavy atom. The van der Waals surface area contributed by atoms with E-state index in [2.05, 4.69) is 31.3 Å². The average Bonchev–Trinajstić information content (AvgIpc) is 3.23. The number of carbonyl (C=O) groups is 1. The van der Waals surface area contributed by atoms with E-state index in [-0.39, 0.29) is 5.82 Å². The monoisotopic (exact) mass is 530 g/mol. The molecule has 0 spiro atoms. The van der Waals surface area contributed by atoms with Crippen molar-refractivity contribution in [3.05, 3.63) is 87.1 Å². The normalized spacial score (nSPS) is 10.8. The quantitative estimate of drug-likeness (QED) is 0.302. The Morgan fingerprint density at radius 1 is 1.03 bits per heavy atom. The van der Waals surface area contributed by atoms with Crippen LogP contribution in [-0.4, -0.2) is 27.3 Å². The van der Waals surface area contributed by atoms with Gasteiger partial charge in [-0.25, -0.2) is 9.67 Å². The van der Waals surface area contributed by atoms with E-state index in [0.717, 1.165) is 21.5 Å². The van der Waals surface area contributed by atoms with Crippen LogP contribution in [0.5, 0.6) is 5.75 Å². The lowest BCUT2D eigenvalue weighted by Crippen LogP contribution is -2.14. The van der Waals surface area contributed by atoms with Crippen LogP contribution in [0.25, 0.3) is 17.1 Å². The van der Waals surface area contributed by atoms with Crippen molar-refractivity contribution < 1.29 is 9.53 Å². The van der Waals surface area contributed by atoms with Gasteiger partial charge in [0.05, 0.1) is 22.3 Å². The van der Waals surface area contributed by atoms with Gasteiger partial charge in [-0.1, -0.05) is 51.3 Å². The Hall–Kier alpha value is -2.87. The summed E-state index contributed by atoms with van der Waals surface area (Å²) in [4.78, 5) is 17.4. The summed E-state index contributed by atoms with van der Waals surface area (Å²) >= 11 is 15.4. The number of benzene rings is 3. The molecule has 0 aliphatic rings. The minimum Gasteiger partial charge on any atom is -0.494 e. The zero-order valence-electron chi connectivity index (χ0n) is 16.8. The fraction of sp³-hybridized carbons (Fsp3) is 0.0870. The van der Waals surface area contributed by atoms with Crippen molar-refractivity contribution in [2.75, 3.05) is 11.9 Å². The maximum Gasteiger partial charge on any atom is 0.295 e. The molecule has 0 unspecified atom stereocenters. The SMILES string of the molecule is CCOc1ccc(-n2nc(C(=O)Nc3ccc(Cl)c(Cl)c3)nc2-c2ccc(Br)cc2)cc1. The van der Waals surface area contributed by atoms with Crippen LogP contribution in [0.4, 0.5) is 5.69 Å². The molecule has 0 radical (unpaired) electrons. The first-order valence-electron chi connectivity index (χ1n) is 9.67. The smallest absolute Gasteiger partial charge is 0.295 e. The topological polar surface area (TPSA) is 69.0 Å². The number of rotatable bonds is 6. The molecule has 1 heterocycles. The first kappa shape index (κ1) is 22.3. The summed E-state index contributed by atoms with van der Waals surface area (Å²) < 4.78 is 8.08. The van der Waals surface area contributed by atoms with Gasteiger partial charge in [-0.2, -0.15) is 0 Å². The molecule has 162 valence electrons. The van der Waals surface area contributed by atoms with E-state index in [4.69, 9.17) is 27.9 Å². The second kappa shape index (κ2) is 9.73. The Labute approximate surface area is 203 Å². The van der Waals surface area contributed by atoms with Crippen molar-refractivity contribution in [2.24, 2.45) is 0 Å². The molecule has 0 atom stereocenters. The fourth-order valence-corrected chi connectivity index (χ4v) is 3.55. The number of nitrogens with one attached hydrogen (secondary N) is 1. The zero-order valence-corrected chi connectivity index (χ0v) is 19.9. The molecular formula is C23H17BrCl2N4O2. The van der Waals surface area contributed by atoms with Crippen LogP contribution in [-0.2, 0) is 0 Å². The molecule has 0 aliphatic carbocycles. The third kappa shape index (κ3) is 4.96. The largest absolute Gasteiger partial charge is 0.494 e. The van der Waals surface area contributed by atoms with Gasteiger partial charge in [0.15, 0.2) is 5.82 Å². The lowest BCUT2D eigenvalue weighted by molar-refractivity contribution is 0.101. The summed E-state index contributed by atoms with van der Waals surface area (Å²) in [5, 5.41) is 7.97. The summed E-state index contributed by atoms with van der Waals surface area (Å²) in [6.45, 7) is 2.50. The van der Waals surface area contributed by atoms with Crippen molar-refractivity contribution in [2.45, 2.75) is 6.92 Å². The van der Waals surface area contributed by atoms with E-state index < -0.39 is 5.91 Å². The van der Waals surface area contributed by atoms with E-state index >= 15 is 0 Å². The highest BCUT2D eigenvalue weighted by Gasteiger charge is 2.19.